The van der Waals surface area contributed by atoms with Crippen LogP contribution in [0.15, 0.2) is 30.3 Å². The molecule has 2 rings (SSSR count). The van der Waals surface area contributed by atoms with E-state index in [-0.39, 0.29) is 6.54 Å². The maximum Gasteiger partial charge on any atom is 0.317 e. The fourth-order valence-electron chi connectivity index (χ4n) is 3.10. The highest BCUT2D eigenvalue weighted by atomic mass is 16.4. The van der Waals surface area contributed by atoms with Crippen LogP contribution in [0.3, 0.4) is 0 Å². The molecule has 1 fully saturated rings. The number of terminal acetylenes is 1. The van der Waals surface area contributed by atoms with Crippen molar-refractivity contribution in [2.24, 2.45) is 0 Å². The van der Waals surface area contributed by atoms with E-state index in [1.807, 2.05) is 11.0 Å². The van der Waals surface area contributed by atoms with Crippen LogP contribution in [-0.4, -0.2) is 35.1 Å². The molecule has 3 nitrogen and oxygen atoms in total. The fraction of sp³-hybridized carbons (Fsp3) is 0.471. The van der Waals surface area contributed by atoms with Crippen molar-refractivity contribution >= 4 is 5.97 Å². The van der Waals surface area contributed by atoms with Gasteiger partial charge in [0, 0.05) is 6.04 Å². The average Bonchev–Trinajstić information content (AvgIpc) is 2.47. The molecule has 1 N–H and O–H groups in total. The van der Waals surface area contributed by atoms with Gasteiger partial charge in [0.15, 0.2) is 0 Å². The number of nitrogens with zero attached hydrogens (tertiary/aromatic N) is 1. The zero-order valence-electron chi connectivity index (χ0n) is 11.7. The second-order valence-corrected chi connectivity index (χ2v) is 5.42. The topological polar surface area (TPSA) is 40.5 Å². The number of rotatable bonds is 5. The number of aliphatic carboxylic acids is 1. The Morgan fingerprint density at radius 3 is 2.45 bits per heavy atom. The van der Waals surface area contributed by atoms with Crippen molar-refractivity contribution in [1.82, 2.24) is 4.90 Å². The predicted molar refractivity (Wildman–Crippen MR) is 79.5 cm³/mol. The predicted octanol–water partition coefficient (Wildman–Crippen LogP) is 2.73. The van der Waals surface area contributed by atoms with Crippen molar-refractivity contribution in [3.05, 3.63) is 35.9 Å². The van der Waals surface area contributed by atoms with Gasteiger partial charge in [0.05, 0.1) is 13.1 Å². The molecule has 1 aliphatic rings. The molecule has 0 atom stereocenters. The normalized spacial score (nSPS) is 22.4. The molecule has 1 aliphatic carbocycles. The minimum Gasteiger partial charge on any atom is -0.480 e. The molecule has 0 aromatic heterocycles. The van der Waals surface area contributed by atoms with E-state index in [9.17, 15) is 4.79 Å². The van der Waals surface area contributed by atoms with Crippen molar-refractivity contribution in [2.45, 2.75) is 37.6 Å². The van der Waals surface area contributed by atoms with Gasteiger partial charge in [-0.05, 0) is 37.2 Å². The van der Waals surface area contributed by atoms with Crippen LogP contribution in [0, 0.1) is 12.3 Å². The molecule has 1 saturated carbocycles. The number of benzene rings is 1. The van der Waals surface area contributed by atoms with E-state index in [1.54, 1.807) is 0 Å². The quantitative estimate of drug-likeness (QED) is 0.837. The monoisotopic (exact) mass is 271 g/mol. The number of carboxylic acids is 1. The van der Waals surface area contributed by atoms with Crippen LogP contribution in [-0.2, 0) is 4.79 Å². The molecular formula is C17H21NO2. The van der Waals surface area contributed by atoms with Crippen LogP contribution in [0.25, 0.3) is 0 Å². The van der Waals surface area contributed by atoms with E-state index >= 15 is 0 Å². The van der Waals surface area contributed by atoms with Crippen LogP contribution in [0.4, 0.5) is 0 Å². The Morgan fingerprint density at radius 1 is 1.25 bits per heavy atom. The third-order valence-electron chi connectivity index (χ3n) is 4.12. The third-order valence-corrected chi connectivity index (χ3v) is 4.12. The second kappa shape index (κ2) is 7.12. The van der Waals surface area contributed by atoms with E-state index in [0.717, 1.165) is 25.7 Å². The number of carboxylic acid groups (broad SMARTS) is 1. The SMILES string of the molecule is C#CCN(CC(=O)O)C1CCC(c2ccccc2)CC1. The van der Waals surface area contributed by atoms with E-state index in [2.05, 4.69) is 30.2 Å². The zero-order valence-corrected chi connectivity index (χ0v) is 11.7. The molecule has 0 radical (unpaired) electrons. The smallest absolute Gasteiger partial charge is 0.317 e. The van der Waals surface area contributed by atoms with E-state index in [4.69, 9.17) is 11.5 Å². The van der Waals surface area contributed by atoms with Gasteiger partial charge in [-0.15, -0.1) is 6.42 Å². The summed E-state index contributed by atoms with van der Waals surface area (Å²) in [5, 5.41) is 8.96. The molecule has 0 unspecified atom stereocenters. The van der Waals surface area contributed by atoms with Gasteiger partial charge in [-0.3, -0.25) is 9.69 Å². The molecule has 0 aliphatic heterocycles. The lowest BCUT2D eigenvalue weighted by Gasteiger charge is -2.35. The number of hydrogen-bond donors (Lipinski definition) is 1. The van der Waals surface area contributed by atoms with Crippen LogP contribution in [0.2, 0.25) is 0 Å². The van der Waals surface area contributed by atoms with Crippen LogP contribution < -0.4 is 0 Å². The lowest BCUT2D eigenvalue weighted by Crippen LogP contribution is -2.41. The Labute approximate surface area is 120 Å². The van der Waals surface area contributed by atoms with Crippen molar-refractivity contribution in [1.29, 1.82) is 0 Å². The molecule has 0 saturated heterocycles. The van der Waals surface area contributed by atoms with E-state index in [1.165, 1.54) is 5.56 Å². The summed E-state index contributed by atoms with van der Waals surface area (Å²) in [5.74, 6) is 2.38. The third kappa shape index (κ3) is 3.85. The molecule has 0 spiro atoms. The van der Waals surface area contributed by atoms with Gasteiger partial charge >= 0.3 is 5.97 Å². The standard InChI is InChI=1S/C17H21NO2/c1-2-12-18(13-17(19)20)16-10-8-15(9-11-16)14-6-4-3-5-7-14/h1,3-7,15-16H,8-13H2,(H,19,20). The van der Waals surface area contributed by atoms with E-state index < -0.39 is 5.97 Å². The Kier molecular flexibility index (Phi) is 5.20. The molecule has 0 amide bonds. The first-order chi connectivity index (χ1) is 9.70. The second-order valence-electron chi connectivity index (χ2n) is 5.42. The minimum absolute atomic E-state index is 0.0465. The summed E-state index contributed by atoms with van der Waals surface area (Å²) in [5.41, 5.74) is 1.40. The lowest BCUT2D eigenvalue weighted by atomic mass is 9.81. The summed E-state index contributed by atoms with van der Waals surface area (Å²) < 4.78 is 0. The van der Waals surface area contributed by atoms with Crippen molar-refractivity contribution in [2.75, 3.05) is 13.1 Å². The molecule has 0 bridgehead atoms. The number of carbonyl (C=O) groups is 1. The first-order valence-electron chi connectivity index (χ1n) is 7.15. The summed E-state index contributed by atoms with van der Waals surface area (Å²) in [6.07, 6.45) is 9.60. The van der Waals surface area contributed by atoms with Gasteiger partial charge < -0.3 is 5.11 Å². The van der Waals surface area contributed by atoms with Gasteiger partial charge in [-0.2, -0.15) is 0 Å². The Morgan fingerprint density at radius 2 is 1.90 bits per heavy atom. The van der Waals surface area contributed by atoms with Crippen molar-refractivity contribution in [3.63, 3.8) is 0 Å². The molecule has 3 heteroatoms. The maximum absolute atomic E-state index is 10.9. The zero-order chi connectivity index (χ0) is 14.4. The first kappa shape index (κ1) is 14.6. The summed E-state index contributed by atoms with van der Waals surface area (Å²) in [6, 6.07) is 10.9. The Balaban J connectivity index is 1.92. The lowest BCUT2D eigenvalue weighted by molar-refractivity contribution is -0.138. The Bertz CT molecular complexity index is 470. The minimum atomic E-state index is -0.801. The van der Waals surface area contributed by atoms with Gasteiger partial charge in [0.1, 0.15) is 0 Å². The largest absolute Gasteiger partial charge is 0.480 e. The molecule has 1 aromatic rings. The van der Waals surface area contributed by atoms with Crippen molar-refractivity contribution < 1.29 is 9.90 Å². The fourth-order valence-corrected chi connectivity index (χ4v) is 3.10. The van der Waals surface area contributed by atoms with Gasteiger partial charge in [0.2, 0.25) is 0 Å². The van der Waals surface area contributed by atoms with Crippen molar-refractivity contribution in [3.8, 4) is 12.3 Å². The molecule has 0 heterocycles. The molecule has 106 valence electrons. The van der Waals surface area contributed by atoms with Crippen LogP contribution in [0.1, 0.15) is 37.2 Å². The molecule has 1 aromatic carbocycles. The van der Waals surface area contributed by atoms with Gasteiger partial charge in [-0.1, -0.05) is 36.3 Å². The van der Waals surface area contributed by atoms with Gasteiger partial charge in [-0.25, -0.2) is 0 Å². The van der Waals surface area contributed by atoms with E-state index in [0.29, 0.717) is 18.5 Å². The van der Waals surface area contributed by atoms with Gasteiger partial charge in [0.25, 0.3) is 0 Å². The maximum atomic E-state index is 10.9. The highest BCUT2D eigenvalue weighted by molar-refractivity contribution is 5.69. The summed E-state index contributed by atoms with van der Waals surface area (Å²) in [7, 11) is 0. The average molecular weight is 271 g/mol. The molecule has 20 heavy (non-hydrogen) atoms. The Hall–Kier alpha value is -1.79. The highest BCUT2D eigenvalue weighted by Gasteiger charge is 2.27. The summed E-state index contributed by atoms with van der Waals surface area (Å²) in [4.78, 5) is 12.8. The summed E-state index contributed by atoms with van der Waals surface area (Å²) in [6.45, 7) is 0.470. The molecular weight excluding hydrogens is 250 g/mol. The first-order valence-corrected chi connectivity index (χ1v) is 7.15. The number of hydrogen-bond acceptors (Lipinski definition) is 2. The van der Waals surface area contributed by atoms with Crippen LogP contribution in [0.5, 0.6) is 0 Å². The summed E-state index contributed by atoms with van der Waals surface area (Å²) >= 11 is 0. The highest BCUT2D eigenvalue weighted by Crippen LogP contribution is 2.34. The van der Waals surface area contributed by atoms with Crippen LogP contribution >= 0.6 is 0 Å².